The van der Waals surface area contributed by atoms with Gasteiger partial charge >= 0.3 is 0 Å². The number of nitrogens with two attached hydrogens (primary N) is 1. The lowest BCUT2D eigenvalue weighted by atomic mass is 9.49. The molecule has 0 spiro atoms. The first-order valence-electron chi connectivity index (χ1n) is 17.3. The number of primary amides is 1. The number of hydrogen-bond acceptors (Lipinski definition) is 9. The van der Waals surface area contributed by atoms with Crippen LogP contribution in [0.15, 0.2) is 30.3 Å². The fraction of sp³-hybridized carbons (Fsp3) is 0.553. The number of nitrogens with one attached hydrogen (secondary N) is 1. The van der Waals surface area contributed by atoms with E-state index in [-0.39, 0.29) is 24.2 Å². The van der Waals surface area contributed by atoms with Crippen molar-refractivity contribution < 1.29 is 38.9 Å². The number of ketones is 4. The van der Waals surface area contributed by atoms with Gasteiger partial charge in [-0.15, -0.1) is 0 Å². The van der Waals surface area contributed by atoms with E-state index in [0.29, 0.717) is 18.7 Å². The van der Waals surface area contributed by atoms with Gasteiger partial charge in [0.15, 0.2) is 34.7 Å². The second-order valence-corrected chi connectivity index (χ2v) is 14.0. The number of fused-ring (bicyclic) bond motifs is 3. The number of aromatic hydroxyl groups is 1. The Hall–Kier alpha value is -3.73. The molecular weight excluding hydrogens is 612 g/mol. The van der Waals surface area contributed by atoms with Crippen molar-refractivity contribution in [3.63, 3.8) is 0 Å². The zero-order valence-corrected chi connectivity index (χ0v) is 28.3. The number of carbonyl (C=O) groups excluding carboxylic acids is 5. The van der Waals surface area contributed by atoms with E-state index in [9.17, 15) is 34.2 Å². The minimum atomic E-state index is -2.71. The summed E-state index contributed by atoms with van der Waals surface area (Å²) in [6.07, 6.45) is 4.06. The number of carbonyl (C=O) groups is 5. The molecular formula is C38H48N2O8. The maximum Gasteiger partial charge on any atom is 0.235 e. The van der Waals surface area contributed by atoms with Crippen molar-refractivity contribution in [2.24, 2.45) is 41.2 Å². The van der Waals surface area contributed by atoms with Gasteiger partial charge < -0.3 is 26.0 Å². The third kappa shape index (κ3) is 6.14. The van der Waals surface area contributed by atoms with Crippen molar-refractivity contribution in [1.82, 2.24) is 5.32 Å². The van der Waals surface area contributed by atoms with Crippen molar-refractivity contribution in [2.75, 3.05) is 19.8 Å². The number of hydrogen-bond donors (Lipinski definition) is 4. The molecule has 3 aliphatic rings. The summed E-state index contributed by atoms with van der Waals surface area (Å²) in [4.78, 5) is 67.6. The van der Waals surface area contributed by atoms with Gasteiger partial charge in [0.2, 0.25) is 5.91 Å². The molecule has 0 radical (unpaired) electrons. The van der Waals surface area contributed by atoms with E-state index in [1.54, 1.807) is 19.9 Å². The van der Waals surface area contributed by atoms with E-state index in [1.807, 2.05) is 6.92 Å². The van der Waals surface area contributed by atoms with Gasteiger partial charge in [-0.3, -0.25) is 24.0 Å². The van der Waals surface area contributed by atoms with E-state index >= 15 is 0 Å². The third-order valence-corrected chi connectivity index (χ3v) is 10.7. The Morgan fingerprint density at radius 3 is 2.44 bits per heavy atom. The molecule has 2 unspecified atom stereocenters. The number of aryl methyl sites for hydroxylation is 1. The molecule has 3 aliphatic carbocycles. The maximum absolute atomic E-state index is 14.2. The number of benzene rings is 2. The second kappa shape index (κ2) is 14.4. The Morgan fingerprint density at radius 2 is 1.77 bits per heavy atom. The van der Waals surface area contributed by atoms with Crippen LogP contribution in [0, 0.1) is 35.5 Å². The monoisotopic (exact) mass is 660 g/mol. The molecule has 2 fully saturated rings. The Bertz CT molecular complexity index is 1620. The number of rotatable bonds is 13. The van der Waals surface area contributed by atoms with Crippen molar-refractivity contribution in [3.8, 4) is 16.9 Å². The standard InChI is InChI=1S/C38H48N2O8/c1-5-7-14-48-15-8-13-40-19-21-9-10-22(6-2)25(16-21)24-11-12-28(41)31-26(24)17-23-18-27-29(20(3)4)33(42)32(37(39)46)36(45)38(27,47)35(44)30(23)34(31)43/h9-12,16,20,23,27,29-30,32,40-41,47H,5-8,13-15,17-19H2,1-4H3,(H2,39,46)/t23-,27-,29-,30?,32?,38-/m0/s1. The molecule has 48 heavy (non-hydrogen) atoms. The number of Topliss-reactive ketones (excluding diaryl/α,β-unsaturated/α-hetero) is 4. The zero-order chi connectivity index (χ0) is 34.9. The lowest BCUT2D eigenvalue weighted by Crippen LogP contribution is -2.71. The largest absolute Gasteiger partial charge is 0.507 e. The summed E-state index contributed by atoms with van der Waals surface area (Å²) in [5, 5.41) is 26.3. The van der Waals surface area contributed by atoms with Crippen LogP contribution in [0.5, 0.6) is 5.75 Å². The van der Waals surface area contributed by atoms with Crippen molar-refractivity contribution >= 4 is 29.0 Å². The average Bonchev–Trinajstić information content (AvgIpc) is 3.03. The van der Waals surface area contributed by atoms with Crippen LogP contribution >= 0.6 is 0 Å². The quantitative estimate of drug-likeness (QED) is 0.184. The highest BCUT2D eigenvalue weighted by Gasteiger charge is 2.69. The fourth-order valence-corrected chi connectivity index (χ4v) is 8.28. The van der Waals surface area contributed by atoms with Gasteiger partial charge in [0.1, 0.15) is 5.75 Å². The first-order chi connectivity index (χ1) is 22.9. The molecule has 0 aliphatic heterocycles. The van der Waals surface area contributed by atoms with Gasteiger partial charge in [-0.05, 0) is 90.4 Å². The zero-order valence-electron chi connectivity index (χ0n) is 28.3. The summed E-state index contributed by atoms with van der Waals surface area (Å²) < 4.78 is 5.65. The van der Waals surface area contributed by atoms with Crippen LogP contribution in [0.25, 0.3) is 11.1 Å². The number of phenolic OH excluding ortho intramolecular Hbond substituents is 1. The summed E-state index contributed by atoms with van der Waals surface area (Å²) in [5.41, 5.74) is 7.14. The number of aliphatic hydroxyl groups is 1. The number of unbranched alkanes of at least 4 members (excludes halogenated alkanes) is 1. The summed E-state index contributed by atoms with van der Waals surface area (Å²) in [5.74, 6) is -11.6. The minimum Gasteiger partial charge on any atom is -0.507 e. The summed E-state index contributed by atoms with van der Waals surface area (Å²) in [6, 6.07) is 9.48. The molecule has 10 nitrogen and oxygen atoms in total. The molecule has 258 valence electrons. The van der Waals surface area contributed by atoms with Crippen LogP contribution < -0.4 is 11.1 Å². The Balaban J connectivity index is 1.48. The van der Waals surface area contributed by atoms with E-state index < -0.39 is 70.1 Å². The molecule has 2 aromatic rings. The Kier molecular flexibility index (Phi) is 10.7. The smallest absolute Gasteiger partial charge is 0.235 e. The molecule has 10 heteroatoms. The van der Waals surface area contributed by atoms with Gasteiger partial charge in [-0.1, -0.05) is 52.3 Å². The molecule has 0 saturated heterocycles. The lowest BCUT2D eigenvalue weighted by molar-refractivity contribution is -0.182. The number of phenols is 1. The van der Waals surface area contributed by atoms with E-state index in [1.165, 1.54) is 6.07 Å². The molecule has 0 aromatic heterocycles. The van der Waals surface area contributed by atoms with Crippen molar-refractivity contribution in [2.45, 2.75) is 78.4 Å². The van der Waals surface area contributed by atoms with Gasteiger partial charge in [0.05, 0.1) is 11.5 Å². The van der Waals surface area contributed by atoms with Crippen LogP contribution in [0.1, 0.15) is 80.4 Å². The van der Waals surface area contributed by atoms with E-state index in [0.717, 1.165) is 61.1 Å². The summed E-state index contributed by atoms with van der Waals surface area (Å²) >= 11 is 0. The van der Waals surface area contributed by atoms with E-state index in [2.05, 4.69) is 30.4 Å². The van der Waals surface area contributed by atoms with Crippen LogP contribution in [-0.4, -0.2) is 64.6 Å². The topological polar surface area (TPSA) is 173 Å². The molecule has 0 heterocycles. The first-order valence-corrected chi connectivity index (χ1v) is 17.3. The summed E-state index contributed by atoms with van der Waals surface area (Å²) in [6.45, 7) is 10.6. The summed E-state index contributed by atoms with van der Waals surface area (Å²) in [7, 11) is 0. The molecule has 2 saturated carbocycles. The average molecular weight is 661 g/mol. The molecule has 1 amide bonds. The fourth-order valence-electron chi connectivity index (χ4n) is 8.28. The Labute approximate surface area is 281 Å². The van der Waals surface area contributed by atoms with Crippen LogP contribution in [0.2, 0.25) is 0 Å². The molecule has 5 rings (SSSR count). The number of amides is 1. The molecule has 6 atom stereocenters. The van der Waals surface area contributed by atoms with Crippen LogP contribution in [0.3, 0.4) is 0 Å². The third-order valence-electron chi connectivity index (χ3n) is 10.7. The highest BCUT2D eigenvalue weighted by atomic mass is 16.5. The van der Waals surface area contributed by atoms with Crippen LogP contribution in [0.4, 0.5) is 0 Å². The van der Waals surface area contributed by atoms with E-state index in [4.69, 9.17) is 10.5 Å². The SMILES string of the molecule is CCCCOCCCNCc1ccc(CC)c(-c2ccc(O)c3c2C[C@H]2C[C@H]4[C@H](C(C)C)C(=O)C(C(N)=O)C(=O)[C@@]4(O)C(=O)C2C3=O)c1. The maximum atomic E-state index is 14.2. The molecule has 2 aromatic carbocycles. The second-order valence-electron chi connectivity index (χ2n) is 14.0. The highest BCUT2D eigenvalue weighted by molar-refractivity contribution is 6.32. The Morgan fingerprint density at radius 1 is 1.04 bits per heavy atom. The van der Waals surface area contributed by atoms with Crippen LogP contribution in [-0.2, 0) is 43.3 Å². The van der Waals surface area contributed by atoms with Gasteiger partial charge in [0.25, 0.3) is 0 Å². The number of ether oxygens (including phenoxy) is 1. The predicted molar refractivity (Wildman–Crippen MR) is 179 cm³/mol. The van der Waals surface area contributed by atoms with Crippen molar-refractivity contribution in [3.05, 3.63) is 52.6 Å². The van der Waals surface area contributed by atoms with Gasteiger partial charge in [-0.2, -0.15) is 0 Å². The first kappa shape index (κ1) is 35.6. The molecule has 5 N–H and O–H groups in total. The highest BCUT2D eigenvalue weighted by Crippen LogP contribution is 2.53. The lowest BCUT2D eigenvalue weighted by Gasteiger charge is -2.52. The van der Waals surface area contributed by atoms with Gasteiger partial charge in [0, 0.05) is 31.6 Å². The normalized spacial score (nSPS) is 26.8. The predicted octanol–water partition coefficient (Wildman–Crippen LogP) is 3.73. The molecule has 0 bridgehead atoms. The van der Waals surface area contributed by atoms with Gasteiger partial charge in [-0.25, -0.2) is 0 Å². The minimum absolute atomic E-state index is 0.00370. The van der Waals surface area contributed by atoms with Crippen molar-refractivity contribution in [1.29, 1.82) is 0 Å².